The average molecular weight is 429 g/mol. The first-order valence-electron chi connectivity index (χ1n) is 11.5. The Hall–Kier alpha value is -2.12. The predicted molar refractivity (Wildman–Crippen MR) is 113 cm³/mol. The van der Waals surface area contributed by atoms with Crippen LogP contribution >= 0.6 is 0 Å². The fraction of sp³-hybridized carbons (Fsp3) is 0.667. The van der Waals surface area contributed by atoms with Gasteiger partial charge in [0.25, 0.3) is 5.91 Å². The Labute approximate surface area is 183 Å². The highest BCUT2D eigenvalue weighted by Gasteiger charge is 2.59. The first-order valence-corrected chi connectivity index (χ1v) is 11.5. The molecule has 4 aliphatic rings. The molecular formula is C24H32N2O5. The van der Waals surface area contributed by atoms with Crippen molar-refractivity contribution in [3.8, 4) is 0 Å². The molecule has 6 atom stereocenters. The van der Waals surface area contributed by atoms with Gasteiger partial charge in [0.05, 0.1) is 18.3 Å². The predicted octanol–water partition coefficient (Wildman–Crippen LogP) is 2.32. The van der Waals surface area contributed by atoms with Crippen molar-refractivity contribution in [2.75, 3.05) is 32.7 Å². The molecule has 31 heavy (non-hydrogen) atoms. The Morgan fingerprint density at radius 2 is 2.06 bits per heavy atom. The molecule has 0 radical (unpaired) electrons. The van der Waals surface area contributed by atoms with Crippen LogP contribution in [0.5, 0.6) is 0 Å². The molecule has 1 amide bonds. The Morgan fingerprint density at radius 1 is 1.29 bits per heavy atom. The summed E-state index contributed by atoms with van der Waals surface area (Å²) in [6.45, 7) is 7.55. The highest BCUT2D eigenvalue weighted by atomic mass is 16.6. The number of aliphatic hydroxyl groups is 1. The summed E-state index contributed by atoms with van der Waals surface area (Å²) in [6, 6.07) is 3.40. The van der Waals surface area contributed by atoms with Gasteiger partial charge in [-0.3, -0.25) is 14.5 Å². The minimum Gasteiger partial charge on any atom is -0.461 e. The summed E-state index contributed by atoms with van der Waals surface area (Å²) in [7, 11) is 0. The highest BCUT2D eigenvalue weighted by molar-refractivity contribution is 5.91. The third-order valence-corrected chi connectivity index (χ3v) is 8.42. The minimum atomic E-state index is -0.578. The van der Waals surface area contributed by atoms with E-state index in [4.69, 9.17) is 9.15 Å². The fourth-order valence-electron chi connectivity index (χ4n) is 6.24. The lowest BCUT2D eigenvalue weighted by molar-refractivity contribution is -0.145. The van der Waals surface area contributed by atoms with Gasteiger partial charge in [0, 0.05) is 50.5 Å². The van der Waals surface area contributed by atoms with E-state index in [0.717, 1.165) is 19.3 Å². The van der Waals surface area contributed by atoms with E-state index >= 15 is 0 Å². The highest BCUT2D eigenvalue weighted by Crippen LogP contribution is 2.56. The summed E-state index contributed by atoms with van der Waals surface area (Å²) in [5, 5.41) is 11.5. The molecule has 2 aliphatic heterocycles. The molecule has 7 nitrogen and oxygen atoms in total. The number of hydrogen-bond acceptors (Lipinski definition) is 6. The number of carbonyl (C=O) groups excluding carboxylic acids is 2. The second-order valence-electron chi connectivity index (χ2n) is 9.87. The van der Waals surface area contributed by atoms with E-state index in [1.165, 1.54) is 11.8 Å². The van der Waals surface area contributed by atoms with Gasteiger partial charge in [0.2, 0.25) is 0 Å². The molecule has 0 spiro atoms. The topological polar surface area (TPSA) is 83.2 Å². The zero-order valence-electron chi connectivity index (χ0n) is 18.3. The van der Waals surface area contributed by atoms with E-state index < -0.39 is 6.10 Å². The van der Waals surface area contributed by atoms with Gasteiger partial charge in [0.1, 0.15) is 6.10 Å². The van der Waals surface area contributed by atoms with E-state index in [0.29, 0.717) is 44.4 Å². The van der Waals surface area contributed by atoms with Crippen molar-refractivity contribution in [1.82, 2.24) is 9.80 Å². The second kappa shape index (κ2) is 7.78. The summed E-state index contributed by atoms with van der Waals surface area (Å²) in [4.78, 5) is 29.3. The van der Waals surface area contributed by atoms with E-state index in [1.54, 1.807) is 17.0 Å². The van der Waals surface area contributed by atoms with Gasteiger partial charge in [-0.1, -0.05) is 25.5 Å². The van der Waals surface area contributed by atoms with E-state index in [-0.39, 0.29) is 35.2 Å². The van der Waals surface area contributed by atoms with Gasteiger partial charge in [-0.25, -0.2) is 0 Å². The molecular weight excluding hydrogens is 396 g/mol. The smallest absolute Gasteiger partial charge is 0.311 e. The summed E-state index contributed by atoms with van der Waals surface area (Å²) < 4.78 is 11.0. The fourth-order valence-corrected chi connectivity index (χ4v) is 6.24. The lowest BCUT2D eigenvalue weighted by Crippen LogP contribution is -2.55. The zero-order valence-corrected chi connectivity index (χ0v) is 18.3. The largest absolute Gasteiger partial charge is 0.461 e. The third kappa shape index (κ3) is 3.33. The zero-order chi connectivity index (χ0) is 21.8. The Morgan fingerprint density at radius 3 is 2.77 bits per heavy atom. The van der Waals surface area contributed by atoms with Gasteiger partial charge >= 0.3 is 5.97 Å². The van der Waals surface area contributed by atoms with E-state index in [1.807, 2.05) is 0 Å². The molecule has 168 valence electrons. The number of allylic oxidation sites excluding steroid dienone is 1. The number of furan rings is 1. The van der Waals surface area contributed by atoms with Gasteiger partial charge in [-0.2, -0.15) is 0 Å². The molecule has 1 aromatic heterocycles. The van der Waals surface area contributed by atoms with Crippen LogP contribution in [0.4, 0.5) is 0 Å². The standard InChI is InChI=1S/C24H32N2O5/c1-15-5-3-6-16-13-19-20(21(27)24(15,16)2)17(23(29)31-19)14-25-8-10-26(11-9-25)22(28)18-7-4-12-30-18/h4,6-7,12,15,17,19-21,27H,3,5,8-11,13-14H2,1-2H3/t15-,17+,19+,20+,21+,24+/m0/s1. The Bertz CT molecular complexity index is 873. The lowest BCUT2D eigenvalue weighted by Gasteiger charge is -2.52. The normalized spacial score (nSPS) is 38.3. The van der Waals surface area contributed by atoms with Crippen molar-refractivity contribution in [2.45, 2.75) is 45.3 Å². The lowest BCUT2D eigenvalue weighted by atomic mass is 9.55. The number of ether oxygens (including phenoxy) is 1. The molecule has 2 saturated heterocycles. The average Bonchev–Trinajstić information content (AvgIpc) is 3.39. The number of amides is 1. The summed E-state index contributed by atoms with van der Waals surface area (Å²) >= 11 is 0. The van der Waals surface area contributed by atoms with Crippen LogP contribution in [-0.2, 0) is 9.53 Å². The SMILES string of the molecule is C[C@H]1CCC=C2C[C@H]3OC(=O)[C@H](CN4CCN(C(=O)c5ccco5)CC4)[C@H]3[C@@H](O)[C@@]21C. The number of aliphatic hydroxyl groups excluding tert-OH is 1. The number of nitrogens with zero attached hydrogens (tertiary/aromatic N) is 2. The van der Waals surface area contributed by atoms with Crippen molar-refractivity contribution in [3.05, 3.63) is 35.8 Å². The third-order valence-electron chi connectivity index (χ3n) is 8.42. The number of piperazine rings is 1. The minimum absolute atomic E-state index is 0.0915. The Kier molecular flexibility index (Phi) is 5.21. The monoisotopic (exact) mass is 428 g/mol. The van der Waals surface area contributed by atoms with Crippen LogP contribution in [0.1, 0.15) is 43.7 Å². The summed E-state index contributed by atoms with van der Waals surface area (Å²) in [6.07, 6.45) is 5.82. The summed E-state index contributed by atoms with van der Waals surface area (Å²) in [5.41, 5.74) is 0.985. The first kappa shape index (κ1) is 20.8. The molecule has 0 bridgehead atoms. The van der Waals surface area contributed by atoms with Crippen LogP contribution in [0.15, 0.2) is 34.5 Å². The van der Waals surface area contributed by atoms with Crippen LogP contribution in [0.3, 0.4) is 0 Å². The molecule has 1 aromatic rings. The number of carbonyl (C=O) groups is 2. The maximum Gasteiger partial charge on any atom is 0.311 e. The van der Waals surface area contributed by atoms with E-state index in [2.05, 4.69) is 24.8 Å². The van der Waals surface area contributed by atoms with Crippen LogP contribution in [-0.4, -0.2) is 71.7 Å². The van der Waals surface area contributed by atoms with Gasteiger partial charge in [-0.15, -0.1) is 0 Å². The molecule has 2 aliphatic carbocycles. The molecule has 0 aromatic carbocycles. The molecule has 0 unspecified atom stereocenters. The van der Waals surface area contributed by atoms with Crippen molar-refractivity contribution in [3.63, 3.8) is 0 Å². The maximum atomic E-state index is 12.8. The van der Waals surface area contributed by atoms with Crippen molar-refractivity contribution >= 4 is 11.9 Å². The molecule has 1 N–H and O–H groups in total. The number of hydrogen-bond donors (Lipinski definition) is 1. The van der Waals surface area contributed by atoms with Crippen LogP contribution < -0.4 is 0 Å². The molecule has 7 heteroatoms. The molecule has 3 heterocycles. The maximum absolute atomic E-state index is 12.8. The van der Waals surface area contributed by atoms with Crippen LogP contribution in [0, 0.1) is 23.2 Å². The van der Waals surface area contributed by atoms with Crippen LogP contribution in [0.25, 0.3) is 0 Å². The number of fused-ring (bicyclic) bond motifs is 2. The number of rotatable bonds is 3. The van der Waals surface area contributed by atoms with Gasteiger partial charge in [-0.05, 0) is 30.9 Å². The quantitative estimate of drug-likeness (QED) is 0.588. The van der Waals surface area contributed by atoms with E-state index in [9.17, 15) is 14.7 Å². The second-order valence-corrected chi connectivity index (χ2v) is 9.87. The first-order chi connectivity index (χ1) is 14.9. The van der Waals surface area contributed by atoms with Crippen LogP contribution in [0.2, 0.25) is 0 Å². The number of esters is 1. The van der Waals surface area contributed by atoms with Crippen molar-refractivity contribution in [1.29, 1.82) is 0 Å². The summed E-state index contributed by atoms with van der Waals surface area (Å²) in [5.74, 6) is -0.0154. The van der Waals surface area contributed by atoms with Gasteiger partial charge < -0.3 is 19.2 Å². The van der Waals surface area contributed by atoms with Crippen molar-refractivity contribution < 1.29 is 23.8 Å². The molecule has 5 rings (SSSR count). The Balaban J connectivity index is 1.26. The molecule has 3 fully saturated rings. The van der Waals surface area contributed by atoms with Crippen molar-refractivity contribution in [2.24, 2.45) is 23.2 Å². The molecule has 1 saturated carbocycles. The van der Waals surface area contributed by atoms with Gasteiger partial charge in [0.15, 0.2) is 5.76 Å².